The zero-order valence-electron chi connectivity index (χ0n) is 54.5. The van der Waals surface area contributed by atoms with Gasteiger partial charge in [0.05, 0.1) is 30.2 Å². The van der Waals surface area contributed by atoms with E-state index in [9.17, 15) is 67.1 Å². The van der Waals surface area contributed by atoms with Crippen LogP contribution in [0.3, 0.4) is 0 Å². The van der Waals surface area contributed by atoms with Crippen molar-refractivity contribution in [1.82, 2.24) is 31.5 Å². The molecule has 0 aromatic rings. The average molecular weight is 1210 g/mol. The summed E-state index contributed by atoms with van der Waals surface area (Å²) in [5.74, 6) is -5.21. The molecule has 0 spiro atoms. The maximum absolute atomic E-state index is 12.5. The Morgan fingerprint density at radius 3 is 1.21 bits per heavy atom. The third-order valence-electron chi connectivity index (χ3n) is 14.3. The largest absolute Gasteiger partial charge is 0.370 e. The van der Waals surface area contributed by atoms with Crippen LogP contribution in [0.1, 0.15) is 202 Å². The second-order valence-electron chi connectivity index (χ2n) is 24.4. The quantitative estimate of drug-likeness (QED) is 0.0398. The Hall–Kier alpha value is -6.14. The first kappa shape index (κ1) is 83.1. The molecule has 0 radical (unpaired) electrons. The van der Waals surface area contributed by atoms with Gasteiger partial charge in [-0.1, -0.05) is 62.3 Å². The van der Waals surface area contributed by atoms with Gasteiger partial charge in [0.15, 0.2) is 17.3 Å². The molecule has 10 atom stereocenters. The van der Waals surface area contributed by atoms with Gasteiger partial charge in [0.1, 0.15) is 28.9 Å². The van der Waals surface area contributed by atoms with Gasteiger partial charge < -0.3 is 49.5 Å². The van der Waals surface area contributed by atoms with Crippen LogP contribution in [0, 0.1) is 41.4 Å². The molecule has 24 nitrogen and oxygen atoms in total. The molecule has 1 aliphatic rings. The Morgan fingerprint density at radius 2 is 0.871 bits per heavy atom. The standard InChI is InChI=1S/C17H29N3O4.C16H31N3O3.C16H28N2O4.C12H22N2O3/c1-10(2)20-7-5-6-14(20)17(24)19-11(3)15(22)8-13(12(4)21)9-16(18)23;1-10(2)15(19-11(3)4)14(21)9-13(12(5)20)7-6-8-18-16(17)22;1-9(2)6-10(3)16(22)18-11(4)14(20)7-13(12(5)19)8-15(17)21;1-7(2)14-8(3)11(16)5-10(9(4)15)6-12(13)17/h10-11,13-14H,5-9H2,1-4H3,(H2,18,23)(H,19,24);10-11,13,15,19H,6-9H2,1-5H3,(H3,17,18,22);9-11,13H,6-8H2,1-5H3,(H2,17,21)(H,18,22);7-8,10,14H,5-6H2,1-4H3,(H2,13,17)/t11-,13-,14?;13-,15+;10-,11+,13+;8-,10-/m0110/s1. The van der Waals surface area contributed by atoms with Crippen molar-refractivity contribution in [2.45, 2.75) is 250 Å². The predicted octanol–water partition coefficient (Wildman–Crippen LogP) is 3.65. The SMILES string of the molecule is CC(=O)[C@H](CC(N)=O)CC(=O)[C@H](C)NC(=O)C1CCCN1C(C)C.CC(=O)[C@H](CC(N)=O)CC(=O)[C@H](C)NC(=O)[C@H](C)CC(C)C.CC(=O)[C@H](CC(N)=O)CC(=O)[C@H](C)NC(C)C.CC(=O)[C@H](CCCNC(N)=O)CC(=O)[C@@H](NC(C)C)C(C)C. The van der Waals surface area contributed by atoms with Gasteiger partial charge in [-0.25, -0.2) is 4.79 Å². The van der Waals surface area contributed by atoms with E-state index in [1.165, 1.54) is 27.7 Å². The van der Waals surface area contributed by atoms with E-state index in [-0.39, 0.29) is 157 Å². The van der Waals surface area contributed by atoms with E-state index < -0.39 is 53.6 Å². The van der Waals surface area contributed by atoms with Crippen molar-refractivity contribution < 1.29 is 67.1 Å². The normalized spacial score (nSPS) is 16.2. The summed E-state index contributed by atoms with van der Waals surface area (Å²) in [7, 11) is 0. The number of carbonyl (C=O) groups excluding carboxylic acids is 14. The van der Waals surface area contributed by atoms with Gasteiger partial charge in [0.25, 0.3) is 0 Å². The van der Waals surface area contributed by atoms with Gasteiger partial charge in [0.2, 0.25) is 29.5 Å². The number of ketones is 8. The van der Waals surface area contributed by atoms with Crippen molar-refractivity contribution in [2.75, 3.05) is 13.1 Å². The number of hydrogen-bond donors (Lipinski definition) is 9. The van der Waals surface area contributed by atoms with Gasteiger partial charge in [-0.05, 0) is 113 Å². The van der Waals surface area contributed by atoms with Crippen molar-refractivity contribution in [3.63, 3.8) is 0 Å². The minimum absolute atomic E-state index is 0.0134. The lowest BCUT2D eigenvalue weighted by atomic mass is 9.88. The number of nitrogens with two attached hydrogens (primary N) is 4. The van der Waals surface area contributed by atoms with Gasteiger partial charge >= 0.3 is 6.03 Å². The molecule has 0 aliphatic carbocycles. The van der Waals surface area contributed by atoms with Crippen LogP contribution in [-0.4, -0.2) is 148 Å². The molecule has 1 fully saturated rings. The minimum atomic E-state index is -0.715. The second-order valence-corrected chi connectivity index (χ2v) is 24.4. The first-order valence-corrected chi connectivity index (χ1v) is 29.9. The van der Waals surface area contributed by atoms with Crippen molar-refractivity contribution in [3.05, 3.63) is 0 Å². The lowest BCUT2D eigenvalue weighted by molar-refractivity contribution is -0.133. The third-order valence-corrected chi connectivity index (χ3v) is 14.3. The smallest absolute Gasteiger partial charge is 0.312 e. The highest BCUT2D eigenvalue weighted by atomic mass is 16.2. The first-order valence-electron chi connectivity index (χ1n) is 29.9. The molecule has 1 saturated heterocycles. The third kappa shape index (κ3) is 39.2. The maximum Gasteiger partial charge on any atom is 0.312 e. The number of urea groups is 1. The second kappa shape index (κ2) is 43.5. The number of nitrogens with zero attached hydrogens (tertiary/aromatic N) is 1. The molecular formula is C61H110N10O14. The van der Waals surface area contributed by atoms with Crippen molar-refractivity contribution in [2.24, 2.45) is 64.4 Å². The summed E-state index contributed by atoms with van der Waals surface area (Å²) in [5, 5.41) is 14.2. The predicted molar refractivity (Wildman–Crippen MR) is 327 cm³/mol. The van der Waals surface area contributed by atoms with E-state index >= 15 is 0 Å². The average Bonchev–Trinajstić information content (AvgIpc) is 4.11. The fourth-order valence-electron chi connectivity index (χ4n) is 9.38. The Balaban J connectivity index is -0.00000106. The summed E-state index contributed by atoms with van der Waals surface area (Å²) >= 11 is 0. The Morgan fingerprint density at radius 1 is 0.482 bits per heavy atom. The molecule has 1 heterocycles. The fourth-order valence-corrected chi connectivity index (χ4v) is 9.38. The first-order chi connectivity index (χ1) is 39.0. The number of carbonyl (C=O) groups is 14. The monoisotopic (exact) mass is 1210 g/mol. The maximum atomic E-state index is 12.5. The van der Waals surface area contributed by atoms with Crippen LogP contribution >= 0.6 is 0 Å². The molecule has 0 saturated carbocycles. The lowest BCUT2D eigenvalue weighted by Crippen LogP contribution is -2.50. The van der Waals surface area contributed by atoms with E-state index in [1.807, 2.05) is 76.2 Å². The highest BCUT2D eigenvalue weighted by Crippen LogP contribution is 2.22. The van der Waals surface area contributed by atoms with Crippen LogP contribution in [-0.2, 0) is 62.3 Å². The lowest BCUT2D eigenvalue weighted by Gasteiger charge is -2.28. The van der Waals surface area contributed by atoms with E-state index in [0.717, 1.165) is 25.8 Å². The molecular weight excluding hydrogens is 1100 g/mol. The van der Waals surface area contributed by atoms with Crippen molar-refractivity contribution >= 4 is 81.8 Å². The Bertz CT molecular complexity index is 2220. The van der Waals surface area contributed by atoms with Crippen molar-refractivity contribution in [1.29, 1.82) is 0 Å². The van der Waals surface area contributed by atoms with Crippen LogP contribution < -0.4 is 49.5 Å². The number of nitrogens with one attached hydrogen (secondary N) is 5. The molecule has 85 heavy (non-hydrogen) atoms. The molecule has 1 aliphatic heterocycles. The molecule has 13 N–H and O–H groups in total. The number of amides is 7. The number of primary amides is 4. The summed E-state index contributed by atoms with van der Waals surface area (Å²) in [6.45, 7) is 33.6. The summed E-state index contributed by atoms with van der Waals surface area (Å²) < 4.78 is 0. The molecule has 1 unspecified atom stereocenters. The van der Waals surface area contributed by atoms with Crippen molar-refractivity contribution in [3.8, 4) is 0 Å². The van der Waals surface area contributed by atoms with Gasteiger partial charge in [-0.15, -0.1) is 0 Å². The molecule has 488 valence electrons. The highest BCUT2D eigenvalue weighted by molar-refractivity contribution is 5.96. The zero-order chi connectivity index (χ0) is 66.8. The summed E-state index contributed by atoms with van der Waals surface area (Å²) in [6.07, 6.45) is 3.48. The van der Waals surface area contributed by atoms with E-state index in [4.69, 9.17) is 22.9 Å². The van der Waals surface area contributed by atoms with E-state index in [2.05, 4.69) is 31.5 Å². The minimum Gasteiger partial charge on any atom is -0.370 e. The number of likely N-dealkylation sites (tertiary alicyclic amines) is 1. The zero-order valence-corrected chi connectivity index (χ0v) is 54.5. The Kier molecular flexibility index (Phi) is 42.5. The Labute approximate surface area is 506 Å². The van der Waals surface area contributed by atoms with Crippen LogP contribution in [0.15, 0.2) is 0 Å². The molecule has 24 heteroatoms. The molecule has 0 bridgehead atoms. The molecule has 7 amide bonds. The molecule has 0 aromatic carbocycles. The highest BCUT2D eigenvalue weighted by Gasteiger charge is 2.35. The van der Waals surface area contributed by atoms with Crippen LogP contribution in [0.2, 0.25) is 0 Å². The molecule has 1 rings (SSSR count). The van der Waals surface area contributed by atoms with Gasteiger partial charge in [-0.3, -0.25) is 67.2 Å². The topological polar surface area (TPSA) is 406 Å². The van der Waals surface area contributed by atoms with E-state index in [1.54, 1.807) is 20.8 Å². The van der Waals surface area contributed by atoms with Gasteiger partial charge in [-0.2, -0.15) is 0 Å². The number of hydrogen-bond acceptors (Lipinski definition) is 17. The van der Waals surface area contributed by atoms with Crippen LogP contribution in [0.25, 0.3) is 0 Å². The summed E-state index contributed by atoms with van der Waals surface area (Å²) in [6, 6.07) is -2.03. The fraction of sp³-hybridized carbons (Fsp3) is 0.770. The number of Topliss-reactive ketones (excluding diaryl/α,β-unsaturated/α-hetero) is 8. The van der Waals surface area contributed by atoms with Crippen LogP contribution in [0.4, 0.5) is 4.79 Å². The summed E-state index contributed by atoms with van der Waals surface area (Å²) in [4.78, 5) is 164. The molecule has 0 aromatic heterocycles. The summed E-state index contributed by atoms with van der Waals surface area (Å²) in [5.41, 5.74) is 20.2. The van der Waals surface area contributed by atoms with E-state index in [0.29, 0.717) is 25.3 Å². The number of rotatable bonds is 38. The van der Waals surface area contributed by atoms with Crippen LogP contribution in [0.5, 0.6) is 0 Å². The van der Waals surface area contributed by atoms with Gasteiger partial charge in [0, 0.05) is 99.2 Å².